The summed E-state index contributed by atoms with van der Waals surface area (Å²) in [7, 11) is 0. The van der Waals surface area contributed by atoms with Crippen molar-refractivity contribution in [3.05, 3.63) is 81.0 Å². The third-order valence-corrected chi connectivity index (χ3v) is 6.27. The molecular formula is C26H29ClN4OS. The molecule has 2 N–H and O–H groups in total. The standard InChI is InChI=1S/C26H29ClN4OS/c1-18-3-10-24(19(2)15-18)29-26(33)30-28-17-22-7-6-21(16-20-4-8-23(27)9-5-20)25(22)31-11-13-32-14-12-31/h3-5,8-10,15-17H,6-7,11-14H2,1-2H3,(H2,29,30,33)/b21-16-,28-17+. The predicted octanol–water partition coefficient (Wildman–Crippen LogP) is 5.69. The average Bonchev–Trinajstić information content (AvgIpc) is 3.20. The van der Waals surface area contributed by atoms with Gasteiger partial charge in [0.1, 0.15) is 0 Å². The van der Waals surface area contributed by atoms with Crippen molar-refractivity contribution in [1.29, 1.82) is 0 Å². The molecule has 1 fully saturated rings. The summed E-state index contributed by atoms with van der Waals surface area (Å²) < 4.78 is 5.58. The second-order valence-corrected chi connectivity index (χ2v) is 9.18. The summed E-state index contributed by atoms with van der Waals surface area (Å²) in [6.07, 6.45) is 6.07. The Labute approximate surface area is 206 Å². The lowest BCUT2D eigenvalue weighted by Crippen LogP contribution is -2.36. The first-order valence-corrected chi connectivity index (χ1v) is 12.0. The third kappa shape index (κ3) is 6.22. The summed E-state index contributed by atoms with van der Waals surface area (Å²) in [6, 6.07) is 14.2. The second kappa shape index (κ2) is 11.0. The van der Waals surface area contributed by atoms with Crippen LogP contribution in [0.5, 0.6) is 0 Å². The number of hydrazone groups is 1. The molecule has 0 bridgehead atoms. The van der Waals surface area contributed by atoms with Crippen LogP contribution in [0.25, 0.3) is 6.08 Å². The van der Waals surface area contributed by atoms with Gasteiger partial charge in [0.15, 0.2) is 5.11 Å². The number of thiocarbonyl (C=S) groups is 1. The van der Waals surface area contributed by atoms with Crippen LogP contribution >= 0.6 is 23.8 Å². The molecule has 0 aromatic heterocycles. The minimum atomic E-state index is 0.474. The molecule has 4 rings (SSSR count). The number of hydrogen-bond donors (Lipinski definition) is 2. The smallest absolute Gasteiger partial charge is 0.191 e. The summed E-state index contributed by atoms with van der Waals surface area (Å²) in [5.41, 5.74) is 11.3. The first-order valence-electron chi connectivity index (χ1n) is 11.2. The van der Waals surface area contributed by atoms with E-state index in [0.717, 1.165) is 61.0 Å². The quantitative estimate of drug-likeness (QED) is 0.327. The SMILES string of the molecule is Cc1ccc(NC(=S)N/N=C/C2=C(N3CCOCC3)C(=C\c3ccc(Cl)cc3)/CC2)c(C)c1. The second-order valence-electron chi connectivity index (χ2n) is 8.34. The molecule has 1 saturated heterocycles. The molecule has 5 nitrogen and oxygen atoms in total. The Morgan fingerprint density at radius 2 is 1.85 bits per heavy atom. The number of nitrogens with zero attached hydrogens (tertiary/aromatic N) is 2. The van der Waals surface area contributed by atoms with Gasteiger partial charge in [-0.15, -0.1) is 0 Å². The third-order valence-electron chi connectivity index (χ3n) is 5.83. The van der Waals surface area contributed by atoms with Crippen LogP contribution in [0.15, 0.2) is 64.4 Å². The Balaban J connectivity index is 1.50. The topological polar surface area (TPSA) is 48.9 Å². The van der Waals surface area contributed by atoms with E-state index in [9.17, 15) is 0 Å². The van der Waals surface area contributed by atoms with Crippen molar-refractivity contribution in [1.82, 2.24) is 10.3 Å². The van der Waals surface area contributed by atoms with Gasteiger partial charge in [0, 0.05) is 29.5 Å². The van der Waals surface area contributed by atoms with Crippen molar-refractivity contribution >= 4 is 46.9 Å². The molecular weight excluding hydrogens is 452 g/mol. The number of halogens is 1. The van der Waals surface area contributed by atoms with Gasteiger partial charge in [-0.25, -0.2) is 0 Å². The van der Waals surface area contributed by atoms with Crippen molar-refractivity contribution in [2.24, 2.45) is 5.10 Å². The van der Waals surface area contributed by atoms with Crippen molar-refractivity contribution < 1.29 is 4.74 Å². The van der Waals surface area contributed by atoms with E-state index < -0.39 is 0 Å². The van der Waals surface area contributed by atoms with Crippen LogP contribution in [0.4, 0.5) is 5.69 Å². The van der Waals surface area contributed by atoms with E-state index in [-0.39, 0.29) is 0 Å². The Bertz CT molecular complexity index is 1100. The van der Waals surface area contributed by atoms with E-state index in [1.165, 1.54) is 22.4 Å². The largest absolute Gasteiger partial charge is 0.378 e. The van der Waals surface area contributed by atoms with Gasteiger partial charge < -0.3 is 15.0 Å². The molecule has 7 heteroatoms. The van der Waals surface area contributed by atoms with Crippen molar-refractivity contribution in [3.8, 4) is 0 Å². The number of rotatable bonds is 5. The van der Waals surface area contributed by atoms with Crippen LogP contribution < -0.4 is 10.7 Å². The summed E-state index contributed by atoms with van der Waals surface area (Å²) in [4.78, 5) is 2.41. The lowest BCUT2D eigenvalue weighted by Gasteiger charge is -2.31. The van der Waals surface area contributed by atoms with Crippen LogP contribution in [-0.2, 0) is 4.74 Å². The lowest BCUT2D eigenvalue weighted by molar-refractivity contribution is 0.0548. The minimum absolute atomic E-state index is 0.474. The van der Waals surface area contributed by atoms with Gasteiger partial charge in [-0.2, -0.15) is 5.10 Å². The van der Waals surface area contributed by atoms with Gasteiger partial charge in [-0.3, -0.25) is 5.43 Å². The first kappa shape index (κ1) is 23.5. The van der Waals surface area contributed by atoms with Crippen LogP contribution in [0.1, 0.15) is 29.5 Å². The normalized spacial score (nSPS) is 17.8. The number of anilines is 1. The van der Waals surface area contributed by atoms with E-state index in [1.807, 2.05) is 24.4 Å². The maximum absolute atomic E-state index is 6.06. The highest BCUT2D eigenvalue weighted by molar-refractivity contribution is 7.80. The number of aryl methyl sites for hydroxylation is 2. The zero-order valence-electron chi connectivity index (χ0n) is 19.0. The van der Waals surface area contributed by atoms with Crippen molar-refractivity contribution in [2.45, 2.75) is 26.7 Å². The van der Waals surface area contributed by atoms with Gasteiger partial charge in [-0.05, 0) is 85.5 Å². The van der Waals surface area contributed by atoms with E-state index >= 15 is 0 Å². The predicted molar refractivity (Wildman–Crippen MR) is 142 cm³/mol. The number of morpholine rings is 1. The lowest BCUT2D eigenvalue weighted by atomic mass is 10.1. The highest BCUT2D eigenvalue weighted by Gasteiger charge is 2.25. The molecule has 1 heterocycles. The van der Waals surface area contributed by atoms with Gasteiger partial charge in [0.05, 0.1) is 19.4 Å². The van der Waals surface area contributed by atoms with E-state index in [4.69, 9.17) is 28.6 Å². The Kier molecular flexibility index (Phi) is 7.81. The Hall–Kier alpha value is -2.67. The van der Waals surface area contributed by atoms with Crippen LogP contribution in [0, 0.1) is 13.8 Å². The Morgan fingerprint density at radius 1 is 1.09 bits per heavy atom. The highest BCUT2D eigenvalue weighted by Crippen LogP contribution is 2.35. The highest BCUT2D eigenvalue weighted by atomic mass is 35.5. The zero-order valence-corrected chi connectivity index (χ0v) is 20.6. The maximum atomic E-state index is 6.06. The van der Waals surface area contributed by atoms with Crippen LogP contribution in [0.3, 0.4) is 0 Å². The molecule has 0 atom stereocenters. The summed E-state index contributed by atoms with van der Waals surface area (Å²) in [5, 5.41) is 8.90. The molecule has 0 radical (unpaired) electrons. The molecule has 33 heavy (non-hydrogen) atoms. The number of nitrogens with one attached hydrogen (secondary N) is 2. The summed E-state index contributed by atoms with van der Waals surface area (Å²) in [6.45, 7) is 7.38. The first-order chi connectivity index (χ1) is 16.0. The molecule has 2 aliphatic rings. The molecule has 2 aromatic carbocycles. The van der Waals surface area contributed by atoms with E-state index in [2.05, 4.69) is 64.9 Å². The number of allylic oxidation sites excluding steroid dienone is 2. The summed E-state index contributed by atoms with van der Waals surface area (Å²) in [5.74, 6) is 0. The van der Waals surface area contributed by atoms with Gasteiger partial charge in [-0.1, -0.05) is 41.4 Å². The Morgan fingerprint density at radius 3 is 2.58 bits per heavy atom. The molecule has 1 aliphatic heterocycles. The fraction of sp³-hybridized carbons (Fsp3) is 0.308. The molecule has 1 aliphatic carbocycles. The molecule has 172 valence electrons. The fourth-order valence-electron chi connectivity index (χ4n) is 4.20. The minimum Gasteiger partial charge on any atom is -0.378 e. The van der Waals surface area contributed by atoms with Crippen LogP contribution in [-0.4, -0.2) is 42.5 Å². The average molecular weight is 481 g/mol. The van der Waals surface area contributed by atoms with E-state index in [0.29, 0.717) is 5.11 Å². The molecule has 0 spiro atoms. The number of ether oxygens (including phenoxy) is 1. The number of benzene rings is 2. The van der Waals surface area contributed by atoms with Gasteiger partial charge >= 0.3 is 0 Å². The fourth-order valence-corrected chi connectivity index (χ4v) is 4.49. The molecule has 0 saturated carbocycles. The molecule has 0 unspecified atom stereocenters. The molecule has 2 aromatic rings. The summed E-state index contributed by atoms with van der Waals surface area (Å²) >= 11 is 11.5. The monoisotopic (exact) mass is 480 g/mol. The zero-order chi connectivity index (χ0) is 23.2. The van der Waals surface area contributed by atoms with Crippen molar-refractivity contribution in [2.75, 3.05) is 31.6 Å². The van der Waals surface area contributed by atoms with E-state index in [1.54, 1.807) is 0 Å². The number of hydrogen-bond acceptors (Lipinski definition) is 4. The van der Waals surface area contributed by atoms with Crippen LogP contribution in [0.2, 0.25) is 5.02 Å². The maximum Gasteiger partial charge on any atom is 0.191 e. The van der Waals surface area contributed by atoms with Crippen molar-refractivity contribution in [3.63, 3.8) is 0 Å². The van der Waals surface area contributed by atoms with Gasteiger partial charge in [0.25, 0.3) is 0 Å². The molecule has 0 amide bonds. The van der Waals surface area contributed by atoms with Gasteiger partial charge in [0.2, 0.25) is 0 Å².